The lowest BCUT2D eigenvalue weighted by molar-refractivity contribution is -0.118. The van der Waals surface area contributed by atoms with Crippen LogP contribution in [0.5, 0.6) is 0 Å². The Hall–Kier alpha value is -2.89. The van der Waals surface area contributed by atoms with Gasteiger partial charge in [-0.15, -0.1) is 0 Å². The molecule has 1 aliphatic rings. The Morgan fingerprint density at radius 2 is 1.72 bits per heavy atom. The van der Waals surface area contributed by atoms with E-state index in [4.69, 9.17) is 0 Å². The molecule has 0 atom stereocenters. The van der Waals surface area contributed by atoms with Crippen LogP contribution in [0.2, 0.25) is 0 Å². The number of rotatable bonds is 4. The van der Waals surface area contributed by atoms with Crippen LogP contribution in [-0.4, -0.2) is 48.4 Å². The van der Waals surface area contributed by atoms with Crippen molar-refractivity contribution in [2.24, 2.45) is 0 Å². The number of nitrogens with zero attached hydrogens (tertiary/aromatic N) is 3. The number of nitrogens with one attached hydrogen (secondary N) is 1. The molecule has 130 valence electrons. The summed E-state index contributed by atoms with van der Waals surface area (Å²) >= 11 is 0. The molecule has 6 nitrogen and oxygen atoms in total. The SMILES string of the molecule is Cc1cc(C)cc(NC(=O)c2cncc(N3CCN(C=O)CC3)c2)c1. The predicted molar refractivity (Wildman–Crippen MR) is 98.0 cm³/mol. The fraction of sp³-hybridized carbons (Fsp3) is 0.316. The summed E-state index contributed by atoms with van der Waals surface area (Å²) < 4.78 is 0. The van der Waals surface area contributed by atoms with Crippen LogP contribution < -0.4 is 10.2 Å². The third kappa shape index (κ3) is 4.15. The van der Waals surface area contributed by atoms with Gasteiger partial charge in [-0.05, 0) is 43.2 Å². The largest absolute Gasteiger partial charge is 0.367 e. The summed E-state index contributed by atoms with van der Waals surface area (Å²) in [7, 11) is 0. The first kappa shape index (κ1) is 17.0. The topological polar surface area (TPSA) is 65.5 Å². The van der Waals surface area contributed by atoms with Gasteiger partial charge in [0.2, 0.25) is 6.41 Å². The van der Waals surface area contributed by atoms with Gasteiger partial charge in [0.05, 0.1) is 17.4 Å². The molecule has 6 heteroatoms. The van der Waals surface area contributed by atoms with Crippen LogP contribution in [0.4, 0.5) is 11.4 Å². The van der Waals surface area contributed by atoms with Gasteiger partial charge in [-0.2, -0.15) is 0 Å². The number of carbonyl (C=O) groups excluding carboxylic acids is 2. The molecular weight excluding hydrogens is 316 g/mol. The van der Waals surface area contributed by atoms with Crippen molar-refractivity contribution >= 4 is 23.7 Å². The van der Waals surface area contributed by atoms with Crippen LogP contribution >= 0.6 is 0 Å². The Kier molecular flexibility index (Phi) is 4.97. The van der Waals surface area contributed by atoms with Crippen molar-refractivity contribution in [1.29, 1.82) is 0 Å². The van der Waals surface area contributed by atoms with E-state index in [1.165, 1.54) is 0 Å². The lowest BCUT2D eigenvalue weighted by Crippen LogP contribution is -2.45. The Morgan fingerprint density at radius 3 is 2.36 bits per heavy atom. The highest BCUT2D eigenvalue weighted by molar-refractivity contribution is 6.04. The molecule has 1 fully saturated rings. The van der Waals surface area contributed by atoms with Crippen LogP contribution in [0.15, 0.2) is 36.7 Å². The van der Waals surface area contributed by atoms with E-state index >= 15 is 0 Å². The first-order valence-corrected chi connectivity index (χ1v) is 8.34. The maximum absolute atomic E-state index is 12.5. The summed E-state index contributed by atoms with van der Waals surface area (Å²) in [5, 5.41) is 2.93. The van der Waals surface area contributed by atoms with Crippen molar-refractivity contribution in [1.82, 2.24) is 9.88 Å². The summed E-state index contributed by atoms with van der Waals surface area (Å²) in [5.41, 5.74) is 4.42. The van der Waals surface area contributed by atoms with Gasteiger partial charge in [0.15, 0.2) is 0 Å². The number of benzene rings is 1. The molecule has 0 saturated carbocycles. The quantitative estimate of drug-likeness (QED) is 0.868. The molecule has 0 radical (unpaired) electrons. The third-order valence-electron chi connectivity index (χ3n) is 4.29. The fourth-order valence-corrected chi connectivity index (χ4v) is 3.06. The molecule has 1 saturated heterocycles. The summed E-state index contributed by atoms with van der Waals surface area (Å²) in [5.74, 6) is -0.175. The van der Waals surface area contributed by atoms with Crippen LogP contribution in [-0.2, 0) is 4.79 Å². The molecule has 2 heterocycles. The monoisotopic (exact) mass is 338 g/mol. The second-order valence-electron chi connectivity index (χ2n) is 6.39. The van der Waals surface area contributed by atoms with E-state index in [1.807, 2.05) is 32.0 Å². The van der Waals surface area contributed by atoms with Gasteiger partial charge >= 0.3 is 0 Å². The van der Waals surface area contributed by atoms with Crippen LogP contribution in [0.1, 0.15) is 21.5 Å². The lowest BCUT2D eigenvalue weighted by atomic mass is 10.1. The Labute approximate surface area is 147 Å². The molecule has 1 aromatic heterocycles. The van der Waals surface area contributed by atoms with Gasteiger partial charge in [0.1, 0.15) is 0 Å². The predicted octanol–water partition coefficient (Wildman–Crippen LogP) is 2.23. The van der Waals surface area contributed by atoms with Crippen molar-refractivity contribution in [2.45, 2.75) is 13.8 Å². The van der Waals surface area contributed by atoms with Gasteiger partial charge < -0.3 is 15.1 Å². The standard InChI is InChI=1S/C19H22N4O2/c1-14-7-15(2)9-17(8-14)21-19(25)16-10-18(12-20-11-16)23-5-3-22(13-24)4-6-23/h7-13H,3-6H2,1-2H3,(H,21,25). The third-order valence-corrected chi connectivity index (χ3v) is 4.29. The second kappa shape index (κ2) is 7.34. The van der Waals surface area contributed by atoms with Gasteiger partial charge in [-0.3, -0.25) is 14.6 Å². The van der Waals surface area contributed by atoms with Gasteiger partial charge in [-0.1, -0.05) is 6.07 Å². The smallest absolute Gasteiger partial charge is 0.257 e. The maximum Gasteiger partial charge on any atom is 0.257 e. The minimum Gasteiger partial charge on any atom is -0.367 e. The molecule has 0 bridgehead atoms. The molecule has 0 unspecified atom stereocenters. The zero-order valence-electron chi connectivity index (χ0n) is 14.5. The number of amides is 2. The Morgan fingerprint density at radius 1 is 1.04 bits per heavy atom. The molecule has 1 N–H and O–H groups in total. The van der Waals surface area contributed by atoms with Crippen LogP contribution in [0.3, 0.4) is 0 Å². The summed E-state index contributed by atoms with van der Waals surface area (Å²) in [6.45, 7) is 6.85. The van der Waals surface area contributed by atoms with Crippen molar-refractivity contribution < 1.29 is 9.59 Å². The average molecular weight is 338 g/mol. The van der Waals surface area contributed by atoms with Gasteiger partial charge in [-0.25, -0.2) is 0 Å². The average Bonchev–Trinajstić information content (AvgIpc) is 2.61. The molecule has 2 amide bonds. The molecule has 3 rings (SSSR count). The Bertz CT molecular complexity index is 762. The first-order chi connectivity index (χ1) is 12.0. The van der Waals surface area contributed by atoms with Gasteiger partial charge in [0.25, 0.3) is 5.91 Å². The normalized spacial score (nSPS) is 14.3. The number of piperazine rings is 1. The number of pyridine rings is 1. The number of aromatic nitrogens is 1. The summed E-state index contributed by atoms with van der Waals surface area (Å²) in [6.07, 6.45) is 4.20. The van der Waals surface area contributed by atoms with Crippen LogP contribution in [0, 0.1) is 13.8 Å². The van der Waals surface area contributed by atoms with Crippen molar-refractivity contribution in [3.8, 4) is 0 Å². The number of aryl methyl sites for hydroxylation is 2. The van der Waals surface area contributed by atoms with E-state index in [-0.39, 0.29) is 5.91 Å². The molecule has 1 aromatic carbocycles. The zero-order chi connectivity index (χ0) is 17.8. The van der Waals surface area contributed by atoms with Gasteiger partial charge in [0, 0.05) is 38.1 Å². The fourth-order valence-electron chi connectivity index (χ4n) is 3.06. The van der Waals surface area contributed by atoms with Crippen molar-refractivity contribution in [3.63, 3.8) is 0 Å². The summed E-state index contributed by atoms with van der Waals surface area (Å²) in [4.78, 5) is 31.5. The maximum atomic E-state index is 12.5. The molecule has 0 spiro atoms. The summed E-state index contributed by atoms with van der Waals surface area (Å²) in [6, 6.07) is 7.81. The van der Waals surface area contributed by atoms with E-state index in [0.717, 1.165) is 42.0 Å². The highest BCUT2D eigenvalue weighted by atomic mass is 16.1. The zero-order valence-corrected chi connectivity index (χ0v) is 14.5. The van der Waals surface area contributed by atoms with Crippen molar-refractivity contribution in [2.75, 3.05) is 36.4 Å². The van der Waals surface area contributed by atoms with E-state index in [1.54, 1.807) is 17.3 Å². The highest BCUT2D eigenvalue weighted by Crippen LogP contribution is 2.19. The van der Waals surface area contributed by atoms with Crippen molar-refractivity contribution in [3.05, 3.63) is 53.3 Å². The first-order valence-electron chi connectivity index (χ1n) is 8.34. The highest BCUT2D eigenvalue weighted by Gasteiger charge is 2.17. The number of hydrogen-bond acceptors (Lipinski definition) is 4. The van der Waals surface area contributed by atoms with E-state index < -0.39 is 0 Å². The lowest BCUT2D eigenvalue weighted by Gasteiger charge is -2.34. The molecule has 2 aromatic rings. The molecular formula is C19H22N4O2. The van der Waals surface area contributed by atoms with Crippen LogP contribution in [0.25, 0.3) is 0 Å². The minimum atomic E-state index is -0.175. The van der Waals surface area contributed by atoms with E-state index in [0.29, 0.717) is 18.7 Å². The number of carbonyl (C=O) groups is 2. The molecule has 1 aliphatic heterocycles. The number of anilines is 2. The second-order valence-corrected chi connectivity index (χ2v) is 6.39. The number of hydrogen-bond donors (Lipinski definition) is 1. The Balaban J connectivity index is 1.72. The van der Waals surface area contributed by atoms with E-state index in [9.17, 15) is 9.59 Å². The minimum absolute atomic E-state index is 0.175. The molecule has 0 aliphatic carbocycles. The molecule has 25 heavy (non-hydrogen) atoms. The van der Waals surface area contributed by atoms with E-state index in [2.05, 4.69) is 21.3 Å².